The van der Waals surface area contributed by atoms with Crippen LogP contribution in [0.5, 0.6) is 0 Å². The Balaban J connectivity index is 0.000000176. The lowest BCUT2D eigenvalue weighted by Gasteiger charge is -2.33. The van der Waals surface area contributed by atoms with Gasteiger partial charge >= 0.3 is 40.7 Å². The lowest BCUT2D eigenvalue weighted by molar-refractivity contribution is -0.173. The quantitative estimate of drug-likeness (QED) is 0.0137. The van der Waals surface area contributed by atoms with Crippen LogP contribution in [0, 0.1) is 0 Å². The van der Waals surface area contributed by atoms with E-state index in [-0.39, 0.29) is 57.5 Å². The number of carboxylic acids is 2. The highest BCUT2D eigenvalue weighted by Crippen LogP contribution is 2.54. The van der Waals surface area contributed by atoms with Gasteiger partial charge in [0.15, 0.2) is 35.6 Å². The van der Waals surface area contributed by atoms with Crippen LogP contribution >= 0.6 is 57.6 Å². The van der Waals surface area contributed by atoms with Gasteiger partial charge in [-0.25, -0.2) is 28.4 Å². The number of aromatic nitrogens is 12. The summed E-state index contributed by atoms with van der Waals surface area (Å²) in [5, 5.41) is 125. The summed E-state index contributed by atoms with van der Waals surface area (Å²) < 4.78 is 81.2. The van der Waals surface area contributed by atoms with Crippen LogP contribution in [0.4, 0.5) is 17.5 Å². The second-order valence-corrected chi connectivity index (χ2v) is 33.0. The average molecular weight is 1690 g/mol. The summed E-state index contributed by atoms with van der Waals surface area (Å²) >= 11 is 18.4. The Morgan fingerprint density at radius 2 is 0.827 bits per heavy atom. The van der Waals surface area contributed by atoms with E-state index < -0.39 is 183 Å². The lowest BCUT2D eigenvalue weighted by atomic mass is 10.1. The Labute approximate surface area is 635 Å². The van der Waals surface area contributed by atoms with Crippen molar-refractivity contribution in [2.24, 2.45) is 0 Å². The summed E-state index contributed by atoms with van der Waals surface area (Å²) in [4.78, 5) is 117. The molecule has 15 atom stereocenters. The minimum absolute atomic E-state index is 0.0773. The number of aliphatic hydroxyl groups is 9. The van der Waals surface area contributed by atoms with E-state index in [4.69, 9.17) is 73.1 Å². The van der Waals surface area contributed by atoms with Crippen molar-refractivity contribution in [2.45, 2.75) is 192 Å². The Hall–Kier alpha value is -5.86. The zero-order chi connectivity index (χ0) is 80.2. The largest absolute Gasteiger partial charge is 0.480 e. The first-order chi connectivity index (χ1) is 52.0. The number of aliphatic hydroxyl groups excluding tert-OH is 9. The smallest absolute Gasteiger partial charge is 0.371 e. The van der Waals surface area contributed by atoms with Crippen molar-refractivity contribution in [3.05, 3.63) is 34.4 Å². The van der Waals surface area contributed by atoms with E-state index in [1.165, 1.54) is 34.9 Å². The lowest BCUT2D eigenvalue weighted by Crippen LogP contribution is -2.48. The van der Waals surface area contributed by atoms with Crippen LogP contribution in [-0.4, -0.2) is 311 Å². The highest BCUT2D eigenvalue weighted by Gasteiger charge is 2.60. The second kappa shape index (κ2) is 35.9. The molecule has 6 aliphatic rings. The highest BCUT2D eigenvalue weighted by atomic mass is 35.5. The maximum absolute atomic E-state index is 12.3. The third kappa shape index (κ3) is 18.4. The van der Waals surface area contributed by atoms with Crippen molar-refractivity contribution in [3.63, 3.8) is 0 Å². The number of hydrogen-bond acceptors (Lipinski definition) is 35. The monoisotopic (exact) mass is 1680 g/mol. The van der Waals surface area contributed by atoms with Gasteiger partial charge in [-0.1, -0.05) is 38.5 Å². The van der Waals surface area contributed by atoms with Gasteiger partial charge in [0.1, 0.15) is 79.0 Å². The molecular weight excluding hydrogens is 1600 g/mol. The SMILES string of the molecule is CCOC(=O)C(CO)(OC[C@H]1O[C@@H](n2ncc3c(NC4CCCC4)nc(Cl)nc32)[C@H](O)[C@@H]1O)P(=O)(O)O.O=C(O)C(CO)(OC[C@H]1O[C@@H](n2ncc3c(NC4CCCC4)nc(Cl)nc32)[C@H](O)[C@@H]1O)P(=O)(O)O.O=C(O)COC[C@](CO)(OC[C@H]1O[C@@H](n2ncc3c(NC4CCCC4)nc(Cl)nc32)[C@H](O)[C@@H]1O)P(=O)(O)O. The molecule has 0 aromatic carbocycles. The Morgan fingerprint density at radius 3 is 1.11 bits per heavy atom. The summed E-state index contributed by atoms with van der Waals surface area (Å²) in [5.41, 5.74) is 0.615. The van der Waals surface area contributed by atoms with Crippen LogP contribution in [0.15, 0.2) is 18.6 Å². The predicted molar refractivity (Wildman–Crippen MR) is 373 cm³/mol. The van der Waals surface area contributed by atoms with Gasteiger partial charge in [-0.2, -0.15) is 45.2 Å². The Kier molecular flexibility index (Phi) is 28.2. The number of halogens is 3. The number of esters is 1. The molecule has 0 amide bonds. The maximum atomic E-state index is 12.3. The first-order valence-corrected chi connectivity index (χ1v) is 40.1. The number of carbonyl (C=O) groups is 3. The number of hydrogen-bond donors (Lipinski definition) is 20. The summed E-state index contributed by atoms with van der Waals surface area (Å²) in [6.07, 6.45) is -0.927. The topological polar surface area (TPSA) is 687 Å². The fourth-order valence-corrected chi connectivity index (χ4v) is 15.7. The van der Waals surface area contributed by atoms with Crippen LogP contribution in [0.1, 0.15) is 103 Å². The second-order valence-electron chi connectivity index (χ2n) is 26.5. The third-order valence-electron chi connectivity index (χ3n) is 19.2. The fraction of sp³-hybridized carbons (Fsp3) is 0.690. The highest BCUT2D eigenvalue weighted by molar-refractivity contribution is 7.55. The number of nitrogens with zero attached hydrogens (tertiary/aromatic N) is 12. The third-order valence-corrected chi connectivity index (χ3v) is 24.0. The molecule has 6 aromatic rings. The zero-order valence-corrected chi connectivity index (χ0v) is 62.9. The molecule has 3 aliphatic carbocycles. The predicted octanol–water partition coefficient (Wildman–Crippen LogP) is -1.24. The molecular formula is C58H83Cl3N15O31P3. The molecule has 6 aromatic heterocycles. The molecule has 0 radical (unpaired) electrons. The summed E-state index contributed by atoms with van der Waals surface area (Å²) in [6, 6.07) is 0.637. The van der Waals surface area contributed by atoms with E-state index in [2.05, 4.69) is 65.9 Å². The number of anilines is 3. The number of carboxylic acid groups (broad SMARTS) is 2. The van der Waals surface area contributed by atoms with Gasteiger partial charge in [0.25, 0.3) is 10.7 Å². The van der Waals surface area contributed by atoms with Crippen LogP contribution in [0.25, 0.3) is 33.1 Å². The minimum atomic E-state index is -5.50. The average Bonchev–Trinajstić information content (AvgIpc) is 1.58. The summed E-state index contributed by atoms with van der Waals surface area (Å²) in [6.45, 7) is -7.25. The van der Waals surface area contributed by atoms with Gasteiger partial charge in [-0.15, -0.1) is 0 Å². The van der Waals surface area contributed by atoms with E-state index in [0.717, 1.165) is 81.7 Å². The Bertz CT molecular complexity index is 4360. The molecule has 20 N–H and O–H groups in total. The van der Waals surface area contributed by atoms with Gasteiger partial charge in [0.2, 0.25) is 21.2 Å². The number of nitrogens with one attached hydrogen (secondary N) is 3. The summed E-state index contributed by atoms with van der Waals surface area (Å²) in [7, 11) is -16.1. The van der Waals surface area contributed by atoms with Gasteiger partial charge < -0.3 is 139 Å². The van der Waals surface area contributed by atoms with Gasteiger partial charge in [-0.3, -0.25) is 13.7 Å². The molecule has 52 heteroatoms. The number of aliphatic carboxylic acids is 2. The minimum Gasteiger partial charge on any atom is -0.480 e. The molecule has 6 fully saturated rings. The number of rotatable bonds is 31. The molecule has 0 bridgehead atoms. The fourth-order valence-electron chi connectivity index (χ4n) is 13.1. The van der Waals surface area contributed by atoms with E-state index in [9.17, 15) is 109 Å². The summed E-state index contributed by atoms with van der Waals surface area (Å²) in [5.74, 6) is -3.62. The van der Waals surface area contributed by atoms with Crippen LogP contribution in [0.2, 0.25) is 15.9 Å². The van der Waals surface area contributed by atoms with Crippen molar-refractivity contribution in [3.8, 4) is 0 Å². The van der Waals surface area contributed by atoms with Crippen molar-refractivity contribution < 1.29 is 152 Å². The maximum Gasteiger partial charge on any atom is 0.371 e. The first-order valence-electron chi connectivity index (χ1n) is 34.1. The molecule has 9 heterocycles. The molecule has 612 valence electrons. The number of ether oxygens (including phenoxy) is 8. The van der Waals surface area contributed by atoms with E-state index in [0.29, 0.717) is 33.6 Å². The van der Waals surface area contributed by atoms with Gasteiger partial charge in [-0.05, 0) is 80.3 Å². The first kappa shape index (κ1) is 86.5. The van der Waals surface area contributed by atoms with Crippen molar-refractivity contribution in [1.29, 1.82) is 0 Å². The Morgan fingerprint density at radius 1 is 0.500 bits per heavy atom. The van der Waals surface area contributed by atoms with Gasteiger partial charge in [0, 0.05) is 18.1 Å². The normalized spacial score (nSPS) is 26.6. The van der Waals surface area contributed by atoms with Crippen molar-refractivity contribution in [1.82, 2.24) is 59.2 Å². The van der Waals surface area contributed by atoms with Gasteiger partial charge in [0.05, 0.1) is 87.6 Å². The number of carbonyl (C=O) groups excluding carboxylic acids is 1. The van der Waals surface area contributed by atoms with E-state index in [1.54, 1.807) is 0 Å². The molecule has 46 nitrogen and oxygen atoms in total. The molecule has 3 aliphatic heterocycles. The van der Waals surface area contributed by atoms with Crippen LogP contribution < -0.4 is 16.0 Å². The molecule has 2 unspecified atom stereocenters. The molecule has 110 heavy (non-hydrogen) atoms. The van der Waals surface area contributed by atoms with E-state index in [1.807, 2.05) is 0 Å². The molecule has 0 spiro atoms. The van der Waals surface area contributed by atoms with Crippen molar-refractivity contribution in [2.75, 3.05) is 75.4 Å². The van der Waals surface area contributed by atoms with Crippen molar-refractivity contribution >= 4 is 126 Å². The van der Waals surface area contributed by atoms with Crippen LogP contribution in [0.3, 0.4) is 0 Å². The van der Waals surface area contributed by atoms with E-state index >= 15 is 0 Å². The zero-order valence-electron chi connectivity index (χ0n) is 57.9. The number of fused-ring (bicyclic) bond motifs is 3. The molecule has 3 saturated heterocycles. The molecule has 3 saturated carbocycles. The standard InChI is InChI=1S/C20H29ClN5O11P.C20H29ClN5O10P.C18H25ClN5O10P/c21-19-24-16(23-10-3-1-2-4-10)11-5-22-26(17(11)25-19)18-15(31)14(30)12(37-18)6-36-20(8-27,38(32,33)34)9-35-7-13(28)29;1-2-34-18(30)20(9-27,37(31,32)33)35-8-12-13(28)14(29)17(36-12)26-16-11(7-22-26)15(24-19(21)25-16)23-10-5-3-4-6-10;19-17-22-13(21-8-3-1-2-4-8)9-5-20-24(14(9)23-17)15-12(27)11(26)10(34-15)6-33-18(7-25,16(28)29)35(30,31)32/h5,10,12,14-15,18,27,30-31H,1-4,6-9H2,(H,28,29)(H,23,24,25)(H2,32,33,34);7,10,12-14,17,27-29H,2-6,8-9H2,1H3,(H,23,24,25)(H2,31,32,33);5,8,10-12,15,25-27H,1-4,6-7H2,(H,28,29)(H,21,22,23)(H2,30,31,32)/t12-,14-,15-,18-,20-;12-,13-,14-,17-,20?;10-,11-,12-,15-,18?/m111/s1. The molecule has 12 rings (SSSR count). The van der Waals surface area contributed by atoms with Crippen LogP contribution in [-0.2, 0) is 66.0 Å².